The Labute approximate surface area is 129 Å². The van der Waals surface area contributed by atoms with Crippen molar-refractivity contribution >= 4 is 11.7 Å². The number of hydrogen-bond donors (Lipinski definition) is 1. The second-order valence-electron chi connectivity index (χ2n) is 5.48. The molecular weight excluding hydrogens is 282 g/mol. The fraction of sp³-hybridized carbons (Fsp3) is 0.533. The van der Waals surface area contributed by atoms with Gasteiger partial charge in [-0.1, -0.05) is 0 Å². The monoisotopic (exact) mass is 303 g/mol. The highest BCUT2D eigenvalue weighted by atomic mass is 16.5. The van der Waals surface area contributed by atoms with E-state index in [0.29, 0.717) is 12.4 Å². The second-order valence-corrected chi connectivity index (χ2v) is 5.48. The van der Waals surface area contributed by atoms with Crippen LogP contribution in [0.4, 0.5) is 5.82 Å². The standard InChI is InChI=1S/C15H21N5O2/c1-3-20-9-7-16-14(20)13-11(5-4-10-22-13)15(21)17-12-6-8-19(2)18-12/h6-9,11,13H,3-5,10H2,1-2H3,(H,17,18,21)/t11-,13-/m1/s1. The quantitative estimate of drug-likeness (QED) is 0.933. The van der Waals surface area contributed by atoms with Gasteiger partial charge in [-0.2, -0.15) is 5.10 Å². The van der Waals surface area contributed by atoms with Crippen LogP contribution in [0.3, 0.4) is 0 Å². The summed E-state index contributed by atoms with van der Waals surface area (Å²) in [6.07, 6.45) is 6.84. The van der Waals surface area contributed by atoms with Gasteiger partial charge < -0.3 is 14.6 Å². The predicted molar refractivity (Wildman–Crippen MR) is 81.2 cm³/mol. The summed E-state index contributed by atoms with van der Waals surface area (Å²) < 4.78 is 9.56. The minimum atomic E-state index is -0.299. The first kappa shape index (κ1) is 14.8. The van der Waals surface area contributed by atoms with Crippen LogP contribution in [0.25, 0.3) is 0 Å². The molecule has 0 saturated carbocycles. The molecule has 1 fully saturated rings. The zero-order valence-corrected chi connectivity index (χ0v) is 12.9. The minimum absolute atomic E-state index is 0.0611. The van der Waals surface area contributed by atoms with Crippen LogP contribution in [-0.4, -0.2) is 31.8 Å². The molecule has 7 heteroatoms. The van der Waals surface area contributed by atoms with Crippen molar-refractivity contribution in [1.82, 2.24) is 19.3 Å². The van der Waals surface area contributed by atoms with Crippen molar-refractivity contribution in [3.63, 3.8) is 0 Å². The number of carbonyl (C=O) groups is 1. The molecule has 7 nitrogen and oxygen atoms in total. The summed E-state index contributed by atoms with van der Waals surface area (Å²) in [6, 6.07) is 1.78. The van der Waals surface area contributed by atoms with Crippen molar-refractivity contribution in [1.29, 1.82) is 0 Å². The first-order valence-corrected chi connectivity index (χ1v) is 7.62. The lowest BCUT2D eigenvalue weighted by atomic mass is 9.92. The molecule has 3 rings (SSSR count). The highest BCUT2D eigenvalue weighted by Gasteiger charge is 2.35. The topological polar surface area (TPSA) is 74.0 Å². The Bertz CT molecular complexity index is 648. The van der Waals surface area contributed by atoms with Gasteiger partial charge in [-0.25, -0.2) is 4.98 Å². The fourth-order valence-electron chi connectivity index (χ4n) is 2.85. The zero-order chi connectivity index (χ0) is 15.5. The van der Waals surface area contributed by atoms with Gasteiger partial charge in [0.25, 0.3) is 0 Å². The summed E-state index contributed by atoms with van der Waals surface area (Å²) in [5, 5.41) is 7.06. The molecule has 1 saturated heterocycles. The smallest absolute Gasteiger partial charge is 0.231 e. The Morgan fingerprint density at radius 3 is 3.09 bits per heavy atom. The number of nitrogens with zero attached hydrogens (tertiary/aromatic N) is 4. The lowest BCUT2D eigenvalue weighted by molar-refractivity contribution is -0.130. The van der Waals surface area contributed by atoms with Gasteiger partial charge in [0.1, 0.15) is 11.9 Å². The molecule has 3 heterocycles. The summed E-state index contributed by atoms with van der Waals surface area (Å²) in [7, 11) is 1.82. The number of imidazole rings is 1. The largest absolute Gasteiger partial charge is 0.369 e. The second kappa shape index (κ2) is 6.31. The number of ether oxygens (including phenoxy) is 1. The van der Waals surface area contributed by atoms with E-state index in [2.05, 4.69) is 22.3 Å². The molecule has 2 aromatic heterocycles. The van der Waals surface area contributed by atoms with E-state index in [1.165, 1.54) is 0 Å². The van der Waals surface area contributed by atoms with Crippen LogP contribution < -0.4 is 5.32 Å². The van der Waals surface area contributed by atoms with E-state index in [-0.39, 0.29) is 17.9 Å². The van der Waals surface area contributed by atoms with Crippen LogP contribution >= 0.6 is 0 Å². The first-order valence-electron chi connectivity index (χ1n) is 7.62. The van der Waals surface area contributed by atoms with Crippen molar-refractivity contribution < 1.29 is 9.53 Å². The molecule has 118 valence electrons. The lowest BCUT2D eigenvalue weighted by Gasteiger charge is -2.30. The number of hydrogen-bond acceptors (Lipinski definition) is 4. The average molecular weight is 303 g/mol. The van der Waals surface area contributed by atoms with E-state index < -0.39 is 0 Å². The molecule has 2 aromatic rings. The molecule has 1 aliphatic heterocycles. The molecule has 2 atom stereocenters. The minimum Gasteiger partial charge on any atom is -0.369 e. The number of anilines is 1. The third-order valence-corrected chi connectivity index (χ3v) is 3.97. The Morgan fingerprint density at radius 1 is 1.50 bits per heavy atom. The number of rotatable bonds is 4. The van der Waals surface area contributed by atoms with Gasteiger partial charge in [0.2, 0.25) is 5.91 Å². The molecule has 0 radical (unpaired) electrons. The van der Waals surface area contributed by atoms with E-state index in [4.69, 9.17) is 4.74 Å². The average Bonchev–Trinajstić information content (AvgIpc) is 3.15. The molecule has 1 N–H and O–H groups in total. The predicted octanol–water partition coefficient (Wildman–Crippen LogP) is 1.74. The third-order valence-electron chi connectivity index (χ3n) is 3.97. The normalized spacial score (nSPS) is 21.7. The number of aromatic nitrogens is 4. The van der Waals surface area contributed by atoms with Gasteiger partial charge in [0.15, 0.2) is 5.82 Å². The van der Waals surface area contributed by atoms with E-state index in [9.17, 15) is 4.79 Å². The van der Waals surface area contributed by atoms with Crippen molar-refractivity contribution in [2.75, 3.05) is 11.9 Å². The fourth-order valence-corrected chi connectivity index (χ4v) is 2.85. The van der Waals surface area contributed by atoms with Gasteiger partial charge in [-0.3, -0.25) is 9.48 Å². The summed E-state index contributed by atoms with van der Waals surface area (Å²) in [5.74, 6) is 1.08. The van der Waals surface area contributed by atoms with Crippen molar-refractivity contribution in [3.05, 3.63) is 30.5 Å². The Kier molecular flexibility index (Phi) is 4.24. The zero-order valence-electron chi connectivity index (χ0n) is 12.9. The number of carbonyl (C=O) groups excluding carboxylic acids is 1. The SMILES string of the molecule is CCn1ccnc1[C@@H]1OCCC[C@H]1C(=O)Nc1ccn(C)n1. The highest BCUT2D eigenvalue weighted by molar-refractivity contribution is 5.92. The van der Waals surface area contributed by atoms with Crippen LogP contribution in [0.5, 0.6) is 0 Å². The van der Waals surface area contributed by atoms with Crippen LogP contribution in [-0.2, 0) is 23.1 Å². The van der Waals surface area contributed by atoms with Gasteiger partial charge in [0, 0.05) is 44.9 Å². The van der Waals surface area contributed by atoms with Gasteiger partial charge in [-0.15, -0.1) is 0 Å². The summed E-state index contributed by atoms with van der Waals surface area (Å²) in [4.78, 5) is 17.0. The molecule has 1 amide bonds. The van der Waals surface area contributed by atoms with Gasteiger partial charge in [0.05, 0.1) is 5.92 Å². The maximum Gasteiger partial charge on any atom is 0.231 e. The molecule has 0 spiro atoms. The van der Waals surface area contributed by atoms with Gasteiger partial charge in [-0.05, 0) is 19.8 Å². The first-order chi connectivity index (χ1) is 10.7. The van der Waals surface area contributed by atoms with Crippen molar-refractivity contribution in [2.24, 2.45) is 13.0 Å². The Balaban J connectivity index is 1.78. The van der Waals surface area contributed by atoms with E-state index in [1.54, 1.807) is 23.1 Å². The Hall–Kier alpha value is -2.15. The molecule has 0 aromatic carbocycles. The number of nitrogens with one attached hydrogen (secondary N) is 1. The summed E-state index contributed by atoms with van der Waals surface area (Å²) in [6.45, 7) is 3.52. The van der Waals surface area contributed by atoms with Crippen molar-refractivity contribution in [2.45, 2.75) is 32.4 Å². The Morgan fingerprint density at radius 2 is 2.36 bits per heavy atom. The molecular formula is C15H21N5O2. The van der Waals surface area contributed by atoms with Gasteiger partial charge >= 0.3 is 0 Å². The molecule has 1 aliphatic rings. The van der Waals surface area contributed by atoms with E-state index in [1.807, 2.05) is 17.8 Å². The number of amides is 1. The maximum atomic E-state index is 12.6. The summed E-state index contributed by atoms with van der Waals surface area (Å²) in [5.41, 5.74) is 0. The van der Waals surface area contributed by atoms with E-state index in [0.717, 1.165) is 25.2 Å². The lowest BCUT2D eigenvalue weighted by Crippen LogP contribution is -2.34. The van der Waals surface area contributed by atoms with Crippen molar-refractivity contribution in [3.8, 4) is 0 Å². The molecule has 0 unspecified atom stereocenters. The van der Waals surface area contributed by atoms with Crippen LogP contribution in [0.15, 0.2) is 24.7 Å². The highest BCUT2D eigenvalue weighted by Crippen LogP contribution is 2.33. The molecule has 0 bridgehead atoms. The summed E-state index contributed by atoms with van der Waals surface area (Å²) >= 11 is 0. The van der Waals surface area contributed by atoms with Crippen LogP contribution in [0, 0.1) is 5.92 Å². The van der Waals surface area contributed by atoms with Crippen LogP contribution in [0.2, 0.25) is 0 Å². The maximum absolute atomic E-state index is 12.6. The van der Waals surface area contributed by atoms with E-state index >= 15 is 0 Å². The molecule has 0 aliphatic carbocycles. The number of aryl methyl sites for hydroxylation is 2. The third kappa shape index (κ3) is 2.89. The molecule has 22 heavy (non-hydrogen) atoms. The van der Waals surface area contributed by atoms with Crippen LogP contribution in [0.1, 0.15) is 31.7 Å².